The van der Waals surface area contributed by atoms with Crippen molar-refractivity contribution in [1.29, 1.82) is 0 Å². The molecule has 7 nitrogen and oxygen atoms in total. The first kappa shape index (κ1) is 19.0. The van der Waals surface area contributed by atoms with E-state index in [1.807, 2.05) is 35.0 Å². The van der Waals surface area contributed by atoms with Crippen LogP contribution in [0.3, 0.4) is 0 Å². The van der Waals surface area contributed by atoms with Gasteiger partial charge in [-0.25, -0.2) is 4.68 Å². The van der Waals surface area contributed by atoms with E-state index < -0.39 is 0 Å². The normalized spacial score (nSPS) is 21.5. The summed E-state index contributed by atoms with van der Waals surface area (Å²) in [6, 6.07) is 10.00. The zero-order valence-corrected chi connectivity index (χ0v) is 17.5. The lowest BCUT2D eigenvalue weighted by molar-refractivity contribution is 0.0923. The van der Waals surface area contributed by atoms with Gasteiger partial charge < -0.3 is 9.73 Å². The summed E-state index contributed by atoms with van der Waals surface area (Å²) in [5.74, 6) is 2.18. The fraction of sp³-hybridized carbons (Fsp3) is 0.478. The molecule has 3 aromatic rings. The smallest absolute Gasteiger partial charge is 0.268 e. The van der Waals surface area contributed by atoms with Gasteiger partial charge in [0.1, 0.15) is 5.69 Å². The van der Waals surface area contributed by atoms with Crippen molar-refractivity contribution in [3.8, 4) is 17.3 Å². The average molecular weight is 406 g/mol. The maximum absolute atomic E-state index is 12.9. The van der Waals surface area contributed by atoms with Crippen LogP contribution in [-0.2, 0) is 0 Å². The Balaban J connectivity index is 1.41. The number of nitrogens with zero attached hydrogens (tertiary/aromatic N) is 4. The number of hydrogen-bond acceptors (Lipinski definition) is 5. The molecule has 2 aliphatic rings. The summed E-state index contributed by atoms with van der Waals surface area (Å²) >= 11 is 0. The van der Waals surface area contributed by atoms with Gasteiger partial charge in [0.05, 0.1) is 5.69 Å². The van der Waals surface area contributed by atoms with Gasteiger partial charge >= 0.3 is 0 Å². The lowest BCUT2D eigenvalue weighted by Crippen LogP contribution is -2.37. The van der Waals surface area contributed by atoms with Crippen molar-refractivity contribution in [1.82, 2.24) is 25.3 Å². The van der Waals surface area contributed by atoms with E-state index in [-0.39, 0.29) is 11.9 Å². The maximum atomic E-state index is 12.9. The van der Waals surface area contributed by atoms with Gasteiger partial charge in [-0.15, -0.1) is 10.2 Å². The van der Waals surface area contributed by atoms with Crippen molar-refractivity contribution in [3.05, 3.63) is 47.5 Å². The third kappa shape index (κ3) is 3.88. The molecule has 5 rings (SSSR count). The van der Waals surface area contributed by atoms with Gasteiger partial charge in [0.25, 0.3) is 11.8 Å². The van der Waals surface area contributed by atoms with Crippen LogP contribution < -0.4 is 5.32 Å². The van der Waals surface area contributed by atoms with Gasteiger partial charge in [0, 0.05) is 30.1 Å². The number of aryl methyl sites for hydroxylation is 1. The highest BCUT2D eigenvalue weighted by Crippen LogP contribution is 2.42. The van der Waals surface area contributed by atoms with Gasteiger partial charge in [-0.2, -0.15) is 5.10 Å². The van der Waals surface area contributed by atoms with Crippen LogP contribution in [-0.4, -0.2) is 31.9 Å². The van der Waals surface area contributed by atoms with Gasteiger partial charge in [-0.3, -0.25) is 4.79 Å². The number of amides is 1. The molecule has 0 spiro atoms. The number of carbonyl (C=O) groups excluding carboxylic acids is 1. The fourth-order valence-electron chi connectivity index (χ4n) is 4.23. The summed E-state index contributed by atoms with van der Waals surface area (Å²) in [6.07, 6.45) is 6.78. The Morgan fingerprint density at radius 1 is 1.10 bits per heavy atom. The van der Waals surface area contributed by atoms with Crippen molar-refractivity contribution >= 4 is 5.91 Å². The molecular weight excluding hydrogens is 378 g/mol. The van der Waals surface area contributed by atoms with Crippen LogP contribution in [0.1, 0.15) is 73.3 Å². The molecule has 0 aliphatic heterocycles. The molecular formula is C23H27N5O2. The Morgan fingerprint density at radius 3 is 2.60 bits per heavy atom. The Bertz CT molecular complexity index is 1060. The number of benzene rings is 1. The predicted molar refractivity (Wildman–Crippen MR) is 112 cm³/mol. The number of aromatic nitrogens is 4. The third-order valence-electron chi connectivity index (χ3n) is 6.18. The SMILES string of the molecule is Cc1nnc(-c2cc(C3CC3)n(-c3cccc(C(=O)NC4CCC(C)CC4)c3)n2)o1. The molecule has 7 heteroatoms. The maximum Gasteiger partial charge on any atom is 0.268 e. The molecule has 1 amide bonds. The molecule has 0 atom stereocenters. The molecule has 2 aromatic heterocycles. The molecule has 30 heavy (non-hydrogen) atoms. The minimum atomic E-state index is -0.00993. The highest BCUT2D eigenvalue weighted by atomic mass is 16.4. The molecule has 2 fully saturated rings. The molecule has 0 bridgehead atoms. The second kappa shape index (κ2) is 7.70. The second-order valence-corrected chi connectivity index (χ2v) is 8.75. The van der Waals surface area contributed by atoms with E-state index >= 15 is 0 Å². The van der Waals surface area contributed by atoms with Crippen molar-refractivity contribution in [2.45, 2.75) is 64.3 Å². The van der Waals surface area contributed by atoms with E-state index in [1.54, 1.807) is 6.92 Å². The zero-order chi connectivity index (χ0) is 20.7. The highest BCUT2D eigenvalue weighted by Gasteiger charge is 2.30. The molecule has 2 saturated carbocycles. The van der Waals surface area contributed by atoms with Gasteiger partial charge in [0.15, 0.2) is 0 Å². The Hall–Kier alpha value is -2.96. The molecule has 0 saturated heterocycles. The van der Waals surface area contributed by atoms with Crippen molar-refractivity contribution in [2.75, 3.05) is 0 Å². The standard InChI is InChI=1S/C23H27N5O2/c1-14-6-10-18(11-7-14)24-22(29)17-4-3-5-19(12-17)28-21(16-8-9-16)13-20(27-28)23-26-25-15(2)30-23/h3-5,12-14,16,18H,6-11H2,1-2H3,(H,24,29). The number of carbonyl (C=O) groups is 1. The van der Waals surface area contributed by atoms with E-state index in [2.05, 4.69) is 22.4 Å². The molecule has 0 unspecified atom stereocenters. The van der Waals surface area contributed by atoms with Crippen LogP contribution >= 0.6 is 0 Å². The molecule has 2 heterocycles. The first-order valence-corrected chi connectivity index (χ1v) is 10.9. The molecule has 1 N–H and O–H groups in total. The number of rotatable bonds is 5. The van der Waals surface area contributed by atoms with E-state index in [4.69, 9.17) is 9.52 Å². The Labute approximate surface area is 175 Å². The minimum absolute atomic E-state index is 0.00993. The van der Waals surface area contributed by atoms with E-state index in [1.165, 1.54) is 12.8 Å². The van der Waals surface area contributed by atoms with Gasteiger partial charge in [0.2, 0.25) is 5.89 Å². The Morgan fingerprint density at radius 2 is 1.90 bits per heavy atom. The molecule has 1 aromatic carbocycles. The first-order valence-electron chi connectivity index (χ1n) is 10.9. The van der Waals surface area contributed by atoms with Gasteiger partial charge in [-0.05, 0) is 68.7 Å². The third-order valence-corrected chi connectivity index (χ3v) is 6.18. The quantitative estimate of drug-likeness (QED) is 0.679. The monoisotopic (exact) mass is 405 g/mol. The van der Waals surface area contributed by atoms with E-state index in [9.17, 15) is 4.79 Å². The van der Waals surface area contributed by atoms with Gasteiger partial charge in [-0.1, -0.05) is 13.0 Å². The number of nitrogens with one attached hydrogen (secondary N) is 1. The molecule has 156 valence electrons. The first-order chi connectivity index (χ1) is 14.6. The Kier molecular flexibility index (Phi) is 4.89. The molecule has 2 aliphatic carbocycles. The summed E-state index contributed by atoms with van der Waals surface area (Å²) < 4.78 is 7.49. The lowest BCUT2D eigenvalue weighted by atomic mass is 9.87. The van der Waals surface area contributed by atoms with Crippen LogP contribution in [0.4, 0.5) is 0 Å². The largest absolute Gasteiger partial charge is 0.420 e. The van der Waals surface area contributed by atoms with Crippen molar-refractivity contribution in [3.63, 3.8) is 0 Å². The zero-order valence-electron chi connectivity index (χ0n) is 17.5. The predicted octanol–water partition coefficient (Wildman–Crippen LogP) is 4.42. The van der Waals surface area contributed by atoms with Crippen LogP contribution in [0.5, 0.6) is 0 Å². The van der Waals surface area contributed by atoms with Crippen molar-refractivity contribution in [2.24, 2.45) is 5.92 Å². The number of hydrogen-bond donors (Lipinski definition) is 1. The minimum Gasteiger partial charge on any atom is -0.420 e. The molecule has 0 radical (unpaired) electrons. The van der Waals surface area contributed by atoms with Crippen LogP contribution in [0, 0.1) is 12.8 Å². The fourth-order valence-corrected chi connectivity index (χ4v) is 4.23. The second-order valence-electron chi connectivity index (χ2n) is 8.75. The average Bonchev–Trinajstić information content (AvgIpc) is 3.35. The van der Waals surface area contributed by atoms with E-state index in [0.717, 1.165) is 43.0 Å². The van der Waals surface area contributed by atoms with Crippen molar-refractivity contribution < 1.29 is 9.21 Å². The summed E-state index contributed by atoms with van der Waals surface area (Å²) in [5.41, 5.74) is 3.34. The van der Waals surface area contributed by atoms with Crippen LogP contribution in [0.2, 0.25) is 0 Å². The summed E-state index contributed by atoms with van der Waals surface area (Å²) in [4.78, 5) is 12.9. The van der Waals surface area contributed by atoms with Crippen LogP contribution in [0.15, 0.2) is 34.7 Å². The van der Waals surface area contributed by atoms with E-state index in [0.29, 0.717) is 29.0 Å². The highest BCUT2D eigenvalue weighted by molar-refractivity contribution is 5.94. The summed E-state index contributed by atoms with van der Waals surface area (Å²) in [5, 5.41) is 16.0. The topological polar surface area (TPSA) is 85.8 Å². The lowest BCUT2D eigenvalue weighted by Gasteiger charge is -2.27. The summed E-state index contributed by atoms with van der Waals surface area (Å²) in [6.45, 7) is 4.05. The van der Waals surface area contributed by atoms with Crippen LogP contribution in [0.25, 0.3) is 17.3 Å². The summed E-state index contributed by atoms with van der Waals surface area (Å²) in [7, 11) is 0.